The van der Waals surface area contributed by atoms with Crippen molar-refractivity contribution >= 4 is 57.8 Å². The fourth-order valence-corrected chi connectivity index (χ4v) is 4.96. The number of halogens is 3. The van der Waals surface area contributed by atoms with E-state index < -0.39 is 15.6 Å². The van der Waals surface area contributed by atoms with Crippen molar-refractivity contribution in [2.45, 2.75) is 30.7 Å². The van der Waals surface area contributed by atoms with Crippen molar-refractivity contribution in [3.63, 3.8) is 0 Å². The first-order chi connectivity index (χ1) is 8.24. The summed E-state index contributed by atoms with van der Waals surface area (Å²) in [6.45, 7) is 3.81. The molecule has 1 aromatic rings. The Morgan fingerprint density at radius 3 is 2.44 bits per heavy atom. The summed E-state index contributed by atoms with van der Waals surface area (Å²) in [6.07, 6.45) is 0.698. The van der Waals surface area contributed by atoms with Gasteiger partial charge in [0, 0.05) is 19.8 Å². The van der Waals surface area contributed by atoms with Crippen molar-refractivity contribution in [1.29, 1.82) is 0 Å². The van der Waals surface area contributed by atoms with Crippen LogP contribution in [0.3, 0.4) is 0 Å². The molecule has 102 valence electrons. The van der Waals surface area contributed by atoms with Crippen LogP contribution in [0.5, 0.6) is 0 Å². The van der Waals surface area contributed by atoms with Crippen LogP contribution < -0.4 is 4.72 Å². The Morgan fingerprint density at radius 2 is 1.94 bits per heavy atom. The number of nitrogens with one attached hydrogen (secondary N) is 1. The zero-order valence-electron chi connectivity index (χ0n) is 10.0. The lowest BCUT2D eigenvalue weighted by Crippen LogP contribution is -2.46. The molecule has 0 saturated heterocycles. The van der Waals surface area contributed by atoms with E-state index in [9.17, 15) is 8.42 Å². The maximum Gasteiger partial charge on any atom is 0.242 e. The topological polar surface area (TPSA) is 46.2 Å². The van der Waals surface area contributed by atoms with E-state index in [4.69, 9.17) is 0 Å². The number of benzene rings is 1. The lowest BCUT2D eigenvalue weighted by atomic mass is 10.0. The van der Waals surface area contributed by atoms with Crippen LogP contribution in [0.15, 0.2) is 32.0 Å². The summed E-state index contributed by atoms with van der Waals surface area (Å²) in [6, 6.07) is 5.07. The molecule has 1 unspecified atom stereocenters. The minimum Gasteiger partial charge on any atom is -0.207 e. The summed E-state index contributed by atoms with van der Waals surface area (Å²) in [5.41, 5.74) is -0.499. The van der Waals surface area contributed by atoms with Crippen molar-refractivity contribution in [3.05, 3.63) is 27.1 Å². The molecule has 0 aliphatic heterocycles. The smallest absolute Gasteiger partial charge is 0.207 e. The van der Waals surface area contributed by atoms with Gasteiger partial charge < -0.3 is 0 Å². The van der Waals surface area contributed by atoms with Crippen molar-refractivity contribution in [2.24, 2.45) is 0 Å². The molecular weight excluding hydrogens is 450 g/mol. The monoisotopic (exact) mass is 461 g/mol. The van der Waals surface area contributed by atoms with E-state index in [0.29, 0.717) is 16.2 Å². The molecule has 0 amide bonds. The number of hydrogen-bond acceptors (Lipinski definition) is 2. The molecule has 1 rings (SSSR count). The standard InChI is InChI=1S/C11H14Br3NO2S/c1-3-11(2,7-12)15-18(16,17)10-6-8(13)4-5-9(10)14/h4-6,15H,3,7H2,1-2H3. The molecular formula is C11H14Br3NO2S. The highest BCUT2D eigenvalue weighted by Gasteiger charge is 2.29. The zero-order chi connectivity index (χ0) is 14.0. The third kappa shape index (κ3) is 4.03. The predicted octanol–water partition coefficient (Wildman–Crippen LogP) is 4.05. The normalized spacial score (nSPS) is 15.4. The Hall–Kier alpha value is 0.570. The minimum absolute atomic E-state index is 0.234. The number of sulfonamides is 1. The van der Waals surface area contributed by atoms with Gasteiger partial charge >= 0.3 is 0 Å². The van der Waals surface area contributed by atoms with Gasteiger partial charge in [0.2, 0.25) is 10.0 Å². The van der Waals surface area contributed by atoms with Gasteiger partial charge in [-0.25, -0.2) is 13.1 Å². The van der Waals surface area contributed by atoms with Crippen LogP contribution in [-0.4, -0.2) is 19.3 Å². The van der Waals surface area contributed by atoms with E-state index in [2.05, 4.69) is 52.5 Å². The van der Waals surface area contributed by atoms with Gasteiger partial charge in [-0.3, -0.25) is 0 Å². The summed E-state index contributed by atoms with van der Waals surface area (Å²) >= 11 is 9.89. The van der Waals surface area contributed by atoms with Crippen molar-refractivity contribution in [2.75, 3.05) is 5.33 Å². The number of rotatable bonds is 5. The molecule has 0 aliphatic rings. The maximum atomic E-state index is 12.4. The SMILES string of the molecule is CCC(C)(CBr)NS(=O)(=O)c1cc(Br)ccc1Br. The van der Waals surface area contributed by atoms with Gasteiger partial charge in [-0.2, -0.15) is 0 Å². The molecule has 0 fully saturated rings. The summed E-state index contributed by atoms with van der Waals surface area (Å²) in [5.74, 6) is 0. The van der Waals surface area contributed by atoms with Gasteiger partial charge in [-0.1, -0.05) is 38.8 Å². The van der Waals surface area contributed by atoms with Gasteiger partial charge in [-0.05, 0) is 47.5 Å². The van der Waals surface area contributed by atoms with Crippen LogP contribution in [0.1, 0.15) is 20.3 Å². The molecule has 3 nitrogen and oxygen atoms in total. The van der Waals surface area contributed by atoms with Crippen LogP contribution in [0.2, 0.25) is 0 Å². The van der Waals surface area contributed by atoms with E-state index in [1.807, 2.05) is 13.8 Å². The molecule has 0 aliphatic carbocycles. The molecule has 0 aromatic heterocycles. The minimum atomic E-state index is -3.55. The van der Waals surface area contributed by atoms with Gasteiger partial charge in [0.1, 0.15) is 0 Å². The quantitative estimate of drug-likeness (QED) is 0.669. The molecule has 18 heavy (non-hydrogen) atoms. The first-order valence-corrected chi connectivity index (χ1v) is 9.48. The second-order valence-corrected chi connectivity index (χ2v) is 8.21. The maximum absolute atomic E-state index is 12.4. The molecule has 0 radical (unpaired) electrons. The van der Waals surface area contributed by atoms with Crippen LogP contribution in [0.25, 0.3) is 0 Å². The van der Waals surface area contributed by atoms with Gasteiger partial charge in [-0.15, -0.1) is 0 Å². The molecule has 1 N–H and O–H groups in total. The van der Waals surface area contributed by atoms with Crippen LogP contribution in [-0.2, 0) is 10.0 Å². The van der Waals surface area contributed by atoms with Crippen molar-refractivity contribution in [1.82, 2.24) is 4.72 Å². The summed E-state index contributed by atoms with van der Waals surface area (Å²) < 4.78 is 28.7. The first-order valence-electron chi connectivity index (χ1n) is 5.29. The molecule has 0 spiro atoms. The molecule has 1 aromatic carbocycles. The number of alkyl halides is 1. The van der Waals surface area contributed by atoms with E-state index in [-0.39, 0.29) is 4.90 Å². The van der Waals surface area contributed by atoms with Gasteiger partial charge in [0.15, 0.2) is 0 Å². The average molecular weight is 464 g/mol. The Morgan fingerprint density at radius 1 is 1.33 bits per heavy atom. The van der Waals surface area contributed by atoms with E-state index in [1.54, 1.807) is 18.2 Å². The summed E-state index contributed by atoms with van der Waals surface area (Å²) in [7, 11) is -3.55. The Bertz CT molecular complexity index is 527. The number of hydrogen-bond donors (Lipinski definition) is 1. The summed E-state index contributed by atoms with van der Waals surface area (Å²) in [4.78, 5) is 0.234. The fraction of sp³-hybridized carbons (Fsp3) is 0.455. The highest BCUT2D eigenvalue weighted by atomic mass is 79.9. The zero-order valence-corrected chi connectivity index (χ0v) is 15.6. The van der Waals surface area contributed by atoms with Crippen molar-refractivity contribution in [3.8, 4) is 0 Å². The highest BCUT2D eigenvalue weighted by Crippen LogP contribution is 2.27. The largest absolute Gasteiger partial charge is 0.242 e. The molecule has 0 bridgehead atoms. The van der Waals surface area contributed by atoms with Crippen molar-refractivity contribution < 1.29 is 8.42 Å². The van der Waals surface area contributed by atoms with Crippen LogP contribution in [0.4, 0.5) is 0 Å². The Labute approximate surface area is 133 Å². The third-order valence-electron chi connectivity index (χ3n) is 2.64. The molecule has 0 saturated carbocycles. The Balaban J connectivity index is 3.18. The van der Waals surface area contributed by atoms with E-state index in [1.165, 1.54) is 0 Å². The third-order valence-corrected chi connectivity index (χ3v) is 7.00. The fourth-order valence-electron chi connectivity index (χ4n) is 1.26. The van der Waals surface area contributed by atoms with Crippen LogP contribution >= 0.6 is 47.8 Å². The predicted molar refractivity (Wildman–Crippen MR) is 84.7 cm³/mol. The molecule has 7 heteroatoms. The lowest BCUT2D eigenvalue weighted by Gasteiger charge is -2.27. The van der Waals surface area contributed by atoms with Gasteiger partial charge in [0.25, 0.3) is 0 Å². The first kappa shape index (κ1) is 16.6. The molecule has 0 heterocycles. The Kier molecular flexibility index (Phi) is 5.86. The molecule has 1 atom stereocenters. The average Bonchev–Trinajstić information content (AvgIpc) is 2.31. The second kappa shape index (κ2) is 6.35. The lowest BCUT2D eigenvalue weighted by molar-refractivity contribution is 0.449. The van der Waals surface area contributed by atoms with Gasteiger partial charge in [0.05, 0.1) is 4.90 Å². The summed E-state index contributed by atoms with van der Waals surface area (Å²) in [5, 5.41) is 0.557. The van der Waals surface area contributed by atoms with Crippen LogP contribution in [0, 0.1) is 0 Å². The van der Waals surface area contributed by atoms with E-state index >= 15 is 0 Å². The second-order valence-electron chi connectivity index (χ2n) is 4.23. The highest BCUT2D eigenvalue weighted by molar-refractivity contribution is 9.11. The van der Waals surface area contributed by atoms with E-state index in [0.717, 1.165) is 4.47 Å².